The largest absolute Gasteiger partial charge is 0.477 e. The van der Waals surface area contributed by atoms with Gasteiger partial charge in [0.15, 0.2) is 0 Å². The number of pyridine rings is 1. The molecule has 0 bridgehead atoms. The van der Waals surface area contributed by atoms with Gasteiger partial charge in [0.05, 0.1) is 27.5 Å². The Balaban J connectivity index is 2.07. The van der Waals surface area contributed by atoms with Crippen LogP contribution in [-0.2, 0) is 0 Å². The van der Waals surface area contributed by atoms with Crippen LogP contribution in [0.2, 0.25) is 0 Å². The Kier molecular flexibility index (Phi) is 5.36. The first kappa shape index (κ1) is 16.6. The number of aromatic nitrogens is 1. The molecule has 0 aliphatic rings. The van der Waals surface area contributed by atoms with E-state index in [1.807, 2.05) is 0 Å². The van der Waals surface area contributed by atoms with E-state index in [4.69, 9.17) is 4.74 Å². The first-order valence-corrected chi connectivity index (χ1v) is 7.50. The number of aryl methyl sites for hydroxylation is 1. The van der Waals surface area contributed by atoms with E-state index < -0.39 is 10.8 Å². The SMILES string of the molecule is CCOc1ncccc1C(=O)N/N=C/c1cc([N+](=O)[O-])c(C)s1. The Hall–Kier alpha value is -2.81. The summed E-state index contributed by atoms with van der Waals surface area (Å²) >= 11 is 1.22. The lowest BCUT2D eigenvalue weighted by Gasteiger charge is -2.06. The van der Waals surface area contributed by atoms with E-state index in [1.54, 1.807) is 26.0 Å². The summed E-state index contributed by atoms with van der Waals surface area (Å²) in [6.45, 7) is 3.84. The number of thiophene rings is 1. The van der Waals surface area contributed by atoms with Crippen molar-refractivity contribution in [3.8, 4) is 5.88 Å². The van der Waals surface area contributed by atoms with Crippen LogP contribution < -0.4 is 10.2 Å². The molecule has 9 heteroatoms. The third-order valence-corrected chi connectivity index (χ3v) is 3.74. The van der Waals surface area contributed by atoms with Gasteiger partial charge in [0.2, 0.25) is 5.88 Å². The predicted molar refractivity (Wildman–Crippen MR) is 86.2 cm³/mol. The zero-order chi connectivity index (χ0) is 16.8. The summed E-state index contributed by atoms with van der Waals surface area (Å²) in [6, 6.07) is 4.60. The van der Waals surface area contributed by atoms with Gasteiger partial charge in [-0.3, -0.25) is 14.9 Å². The summed E-state index contributed by atoms with van der Waals surface area (Å²) in [5.41, 5.74) is 2.65. The molecule has 120 valence electrons. The molecule has 8 nitrogen and oxygen atoms in total. The summed E-state index contributed by atoms with van der Waals surface area (Å²) in [5.74, 6) is -0.245. The summed E-state index contributed by atoms with van der Waals surface area (Å²) in [4.78, 5) is 27.5. The minimum absolute atomic E-state index is 0.0358. The van der Waals surface area contributed by atoms with Gasteiger partial charge in [0.1, 0.15) is 5.56 Å². The quantitative estimate of drug-likeness (QED) is 0.496. The molecule has 0 aliphatic carbocycles. The molecule has 0 saturated heterocycles. The number of hydrogen-bond acceptors (Lipinski definition) is 7. The molecule has 1 amide bonds. The molecular weight excluding hydrogens is 320 g/mol. The van der Waals surface area contributed by atoms with Crippen molar-refractivity contribution in [2.24, 2.45) is 5.10 Å². The molecule has 0 radical (unpaired) electrons. The number of carbonyl (C=O) groups excluding carboxylic acids is 1. The third-order valence-electron chi connectivity index (χ3n) is 2.76. The second-order valence-corrected chi connectivity index (χ2v) is 5.62. The van der Waals surface area contributed by atoms with Gasteiger partial charge in [-0.15, -0.1) is 11.3 Å². The second kappa shape index (κ2) is 7.45. The smallest absolute Gasteiger partial charge is 0.283 e. The minimum atomic E-state index is -0.472. The van der Waals surface area contributed by atoms with Crippen LogP contribution in [0.25, 0.3) is 0 Å². The van der Waals surface area contributed by atoms with Crippen LogP contribution in [0.1, 0.15) is 27.0 Å². The van der Waals surface area contributed by atoms with Crippen LogP contribution in [0.4, 0.5) is 5.69 Å². The van der Waals surface area contributed by atoms with Crippen LogP contribution in [0, 0.1) is 17.0 Å². The molecule has 0 unspecified atom stereocenters. The standard InChI is InChI=1S/C14H14N4O4S/c1-3-22-14-11(5-4-6-15-14)13(19)17-16-8-10-7-12(18(20)21)9(2)23-10/h4-8H,3H2,1-2H3,(H,17,19)/b16-8+. The molecule has 0 aromatic carbocycles. The van der Waals surface area contributed by atoms with Gasteiger partial charge in [0, 0.05) is 12.3 Å². The van der Waals surface area contributed by atoms with Crippen molar-refractivity contribution in [3.63, 3.8) is 0 Å². The molecule has 0 atom stereocenters. The van der Waals surface area contributed by atoms with Crippen LogP contribution in [0.5, 0.6) is 5.88 Å². The van der Waals surface area contributed by atoms with Crippen molar-refractivity contribution in [3.05, 3.63) is 49.8 Å². The zero-order valence-corrected chi connectivity index (χ0v) is 13.3. The molecule has 2 rings (SSSR count). The van der Waals surface area contributed by atoms with Gasteiger partial charge in [-0.1, -0.05) is 0 Å². The van der Waals surface area contributed by atoms with E-state index in [2.05, 4.69) is 15.5 Å². The minimum Gasteiger partial charge on any atom is -0.477 e. The molecular formula is C14H14N4O4S. The van der Waals surface area contributed by atoms with Crippen LogP contribution in [0.15, 0.2) is 29.5 Å². The highest BCUT2D eigenvalue weighted by atomic mass is 32.1. The van der Waals surface area contributed by atoms with Crippen LogP contribution in [0.3, 0.4) is 0 Å². The maximum atomic E-state index is 12.1. The number of carbonyl (C=O) groups is 1. The molecule has 0 spiro atoms. The topological polar surface area (TPSA) is 107 Å². The lowest BCUT2D eigenvalue weighted by molar-refractivity contribution is -0.385. The number of hydrazone groups is 1. The van der Waals surface area contributed by atoms with Crippen molar-refractivity contribution in [1.82, 2.24) is 10.4 Å². The fourth-order valence-electron chi connectivity index (χ4n) is 1.77. The summed E-state index contributed by atoms with van der Waals surface area (Å²) in [6.07, 6.45) is 2.89. The molecule has 2 aromatic heterocycles. The summed E-state index contributed by atoms with van der Waals surface area (Å²) in [7, 11) is 0. The van der Waals surface area contributed by atoms with Crippen molar-refractivity contribution in [2.75, 3.05) is 6.61 Å². The first-order valence-electron chi connectivity index (χ1n) is 6.69. The highest BCUT2D eigenvalue weighted by Crippen LogP contribution is 2.26. The highest BCUT2D eigenvalue weighted by molar-refractivity contribution is 7.14. The Morgan fingerprint density at radius 2 is 2.39 bits per heavy atom. The Morgan fingerprint density at radius 1 is 1.61 bits per heavy atom. The van der Waals surface area contributed by atoms with Gasteiger partial charge in [-0.05, 0) is 26.0 Å². The average Bonchev–Trinajstić information content (AvgIpc) is 2.89. The van der Waals surface area contributed by atoms with Crippen molar-refractivity contribution in [2.45, 2.75) is 13.8 Å². The highest BCUT2D eigenvalue weighted by Gasteiger charge is 2.15. The number of ether oxygens (including phenoxy) is 1. The normalized spacial score (nSPS) is 10.7. The molecule has 0 aliphatic heterocycles. The Morgan fingerprint density at radius 3 is 3.04 bits per heavy atom. The van der Waals surface area contributed by atoms with Gasteiger partial charge in [-0.25, -0.2) is 10.4 Å². The van der Waals surface area contributed by atoms with Gasteiger partial charge in [0.25, 0.3) is 11.6 Å². The second-order valence-electron chi connectivity index (χ2n) is 4.34. The Bertz CT molecular complexity index is 757. The van der Waals surface area contributed by atoms with E-state index >= 15 is 0 Å². The van der Waals surface area contributed by atoms with E-state index in [0.29, 0.717) is 16.4 Å². The lowest BCUT2D eigenvalue weighted by atomic mass is 10.2. The van der Waals surface area contributed by atoms with Crippen LogP contribution in [-0.4, -0.2) is 28.6 Å². The first-order chi connectivity index (χ1) is 11.0. The monoisotopic (exact) mass is 334 g/mol. The summed E-state index contributed by atoms with van der Waals surface area (Å²) in [5, 5.41) is 14.6. The maximum Gasteiger partial charge on any atom is 0.283 e. The van der Waals surface area contributed by atoms with Crippen molar-refractivity contribution >= 4 is 29.1 Å². The van der Waals surface area contributed by atoms with E-state index in [0.717, 1.165) is 0 Å². The number of nitro groups is 1. The molecule has 2 heterocycles. The van der Waals surface area contributed by atoms with Gasteiger partial charge in [-0.2, -0.15) is 5.10 Å². The van der Waals surface area contributed by atoms with Crippen molar-refractivity contribution < 1.29 is 14.5 Å². The molecule has 0 saturated carbocycles. The van der Waals surface area contributed by atoms with Gasteiger partial charge < -0.3 is 4.74 Å². The van der Waals surface area contributed by atoms with E-state index in [9.17, 15) is 14.9 Å². The van der Waals surface area contributed by atoms with E-state index in [-0.39, 0.29) is 17.1 Å². The fourth-order valence-corrected chi connectivity index (χ4v) is 2.64. The molecule has 0 fully saturated rings. The van der Waals surface area contributed by atoms with Gasteiger partial charge >= 0.3 is 0 Å². The molecule has 1 N–H and O–H groups in total. The number of amides is 1. The third kappa shape index (κ3) is 4.10. The molecule has 2 aromatic rings. The molecule has 23 heavy (non-hydrogen) atoms. The number of hydrogen-bond donors (Lipinski definition) is 1. The Labute approximate surface area is 136 Å². The van der Waals surface area contributed by atoms with Crippen molar-refractivity contribution in [1.29, 1.82) is 0 Å². The maximum absolute atomic E-state index is 12.1. The lowest BCUT2D eigenvalue weighted by Crippen LogP contribution is -2.19. The fraction of sp³-hybridized carbons (Fsp3) is 0.214. The summed E-state index contributed by atoms with van der Waals surface area (Å²) < 4.78 is 5.27. The average molecular weight is 334 g/mol. The van der Waals surface area contributed by atoms with E-state index in [1.165, 1.54) is 29.8 Å². The number of nitrogens with zero attached hydrogens (tertiary/aromatic N) is 3. The predicted octanol–water partition coefficient (Wildman–Crippen LogP) is 2.52. The zero-order valence-electron chi connectivity index (χ0n) is 12.5. The number of rotatable bonds is 6. The van der Waals surface area contributed by atoms with Crippen LogP contribution >= 0.6 is 11.3 Å². The number of nitrogens with one attached hydrogen (secondary N) is 1.